The lowest BCUT2D eigenvalue weighted by atomic mass is 9.92. The smallest absolute Gasteiger partial charge is 0.320 e. The molecule has 0 saturated heterocycles. The Morgan fingerprint density at radius 1 is 0.674 bits per heavy atom. The quantitative estimate of drug-likeness (QED) is 0.0973. The highest BCUT2D eigenvalue weighted by molar-refractivity contribution is 9.10. The van der Waals surface area contributed by atoms with E-state index in [2.05, 4.69) is 80.6 Å². The van der Waals surface area contributed by atoms with Crippen molar-refractivity contribution >= 4 is 43.8 Å². The number of carboxylic acid groups (broad SMARTS) is 2. The highest BCUT2D eigenvalue weighted by Crippen LogP contribution is 2.33. The Labute approximate surface area is 286 Å². The van der Waals surface area contributed by atoms with Crippen molar-refractivity contribution in [1.82, 2.24) is 10.6 Å². The molecule has 0 aliphatic heterocycles. The van der Waals surface area contributed by atoms with Crippen molar-refractivity contribution in [3.8, 4) is 22.6 Å². The predicted molar refractivity (Wildman–Crippen MR) is 186 cm³/mol. The summed E-state index contributed by atoms with van der Waals surface area (Å²) in [7, 11) is 0. The number of benzene rings is 4. The Bertz CT molecular complexity index is 1590. The second-order valence-corrected chi connectivity index (χ2v) is 12.9. The van der Waals surface area contributed by atoms with Gasteiger partial charge < -0.3 is 30.3 Å². The Morgan fingerprint density at radius 3 is 1.41 bits per heavy atom. The second kappa shape index (κ2) is 16.2. The third-order valence-corrected chi connectivity index (χ3v) is 9.15. The highest BCUT2D eigenvalue weighted by atomic mass is 79.9. The number of carboxylic acids is 2. The minimum atomic E-state index is -0.887. The first-order valence-corrected chi connectivity index (χ1v) is 16.4. The molecule has 242 valence electrons. The van der Waals surface area contributed by atoms with E-state index in [4.69, 9.17) is 19.7 Å². The first-order chi connectivity index (χ1) is 21.9. The van der Waals surface area contributed by atoms with E-state index in [9.17, 15) is 9.59 Å². The Kier molecular flexibility index (Phi) is 12.4. The van der Waals surface area contributed by atoms with E-state index < -0.39 is 24.0 Å². The number of rotatable bonds is 15. The van der Waals surface area contributed by atoms with Crippen molar-refractivity contribution in [1.29, 1.82) is 0 Å². The van der Waals surface area contributed by atoms with Gasteiger partial charge in [0.15, 0.2) is 0 Å². The molecule has 2 atom stereocenters. The van der Waals surface area contributed by atoms with Crippen LogP contribution in [0.5, 0.6) is 11.5 Å². The molecule has 0 saturated carbocycles. The molecular weight excluding hydrogens is 716 g/mol. The number of ether oxygens (including phenoxy) is 2. The zero-order valence-electron chi connectivity index (χ0n) is 26.2. The summed E-state index contributed by atoms with van der Waals surface area (Å²) in [5.41, 5.74) is 8.57. The van der Waals surface area contributed by atoms with Gasteiger partial charge in [-0.3, -0.25) is 9.59 Å². The normalized spacial score (nSPS) is 12.4. The third-order valence-electron chi connectivity index (χ3n) is 7.91. The van der Waals surface area contributed by atoms with Crippen LogP contribution in [0.25, 0.3) is 11.1 Å². The lowest BCUT2D eigenvalue weighted by Gasteiger charge is -2.17. The number of aliphatic carboxylic acids is 2. The van der Waals surface area contributed by atoms with Crippen LogP contribution in [0, 0.1) is 13.8 Å². The summed E-state index contributed by atoms with van der Waals surface area (Å²) in [4.78, 5) is 22.2. The fourth-order valence-corrected chi connectivity index (χ4v) is 5.91. The Morgan fingerprint density at radius 2 is 1.07 bits per heavy atom. The second-order valence-electron chi connectivity index (χ2n) is 11.2. The van der Waals surface area contributed by atoms with Crippen LogP contribution in [-0.2, 0) is 35.9 Å². The summed E-state index contributed by atoms with van der Waals surface area (Å²) in [5.74, 6) is -0.356. The number of hydrogen-bond acceptors (Lipinski definition) is 6. The number of carbonyl (C=O) groups is 2. The zero-order valence-corrected chi connectivity index (χ0v) is 29.4. The molecule has 0 aliphatic carbocycles. The largest absolute Gasteiger partial charge is 0.488 e. The Balaban J connectivity index is 1.42. The minimum absolute atomic E-state index is 0.391. The van der Waals surface area contributed by atoms with Gasteiger partial charge in [-0.05, 0) is 128 Å². The molecule has 0 radical (unpaired) electrons. The van der Waals surface area contributed by atoms with Gasteiger partial charge in [0, 0.05) is 13.1 Å². The highest BCUT2D eigenvalue weighted by Gasteiger charge is 2.15. The van der Waals surface area contributed by atoms with Crippen molar-refractivity contribution < 1.29 is 29.3 Å². The molecule has 0 spiro atoms. The van der Waals surface area contributed by atoms with E-state index in [1.807, 2.05) is 48.5 Å². The van der Waals surface area contributed by atoms with E-state index in [0.29, 0.717) is 37.8 Å². The van der Waals surface area contributed by atoms with E-state index in [0.717, 1.165) is 53.5 Å². The van der Waals surface area contributed by atoms with Crippen LogP contribution in [-0.4, -0.2) is 34.2 Å². The van der Waals surface area contributed by atoms with Crippen LogP contribution in [0.15, 0.2) is 81.7 Å². The minimum Gasteiger partial charge on any atom is -0.488 e. The van der Waals surface area contributed by atoms with E-state index >= 15 is 0 Å². The molecule has 0 fully saturated rings. The van der Waals surface area contributed by atoms with Gasteiger partial charge in [0.05, 0.1) is 8.95 Å². The van der Waals surface area contributed by atoms with E-state index in [1.165, 1.54) is 0 Å². The van der Waals surface area contributed by atoms with Gasteiger partial charge in [-0.25, -0.2) is 0 Å². The van der Waals surface area contributed by atoms with Gasteiger partial charge in [0.1, 0.15) is 36.8 Å². The summed E-state index contributed by atoms with van der Waals surface area (Å²) in [6, 6.07) is 22.7. The molecule has 4 aromatic rings. The molecule has 0 amide bonds. The summed E-state index contributed by atoms with van der Waals surface area (Å²) >= 11 is 7.19. The summed E-state index contributed by atoms with van der Waals surface area (Å²) in [5, 5.41) is 24.1. The van der Waals surface area contributed by atoms with Crippen molar-refractivity contribution in [2.45, 2.75) is 66.1 Å². The van der Waals surface area contributed by atoms with Crippen molar-refractivity contribution in [2.24, 2.45) is 0 Å². The molecule has 4 aromatic carbocycles. The molecule has 4 rings (SSSR count). The van der Waals surface area contributed by atoms with Gasteiger partial charge >= 0.3 is 11.9 Å². The molecule has 0 unspecified atom stereocenters. The number of halogens is 2. The van der Waals surface area contributed by atoms with E-state index in [1.54, 1.807) is 13.8 Å². The van der Waals surface area contributed by atoms with Crippen molar-refractivity contribution in [2.75, 3.05) is 0 Å². The average molecular weight is 755 g/mol. The lowest BCUT2D eigenvalue weighted by Crippen LogP contribution is -2.33. The molecule has 4 N–H and O–H groups in total. The number of nitrogens with one attached hydrogen (secondary N) is 2. The van der Waals surface area contributed by atoms with Gasteiger partial charge in [-0.1, -0.05) is 48.5 Å². The fraction of sp³-hybridized carbons (Fsp3) is 0.278. The molecule has 0 aromatic heterocycles. The lowest BCUT2D eigenvalue weighted by molar-refractivity contribution is -0.140. The van der Waals surface area contributed by atoms with Crippen LogP contribution < -0.4 is 20.1 Å². The molecule has 10 heteroatoms. The molecule has 0 bridgehead atoms. The van der Waals surface area contributed by atoms with Gasteiger partial charge in [0.25, 0.3) is 0 Å². The SMILES string of the molecule is Cc1c(COc2ccc(CN[C@H](C)C(=O)O)cc2Br)cccc1-c1cccc(COc2ccc(CN[C@H](C)C(=O)O)cc2Br)c1C. The monoisotopic (exact) mass is 752 g/mol. The van der Waals surface area contributed by atoms with Crippen LogP contribution >= 0.6 is 31.9 Å². The van der Waals surface area contributed by atoms with Gasteiger partial charge in [-0.15, -0.1) is 0 Å². The van der Waals surface area contributed by atoms with Crippen LogP contribution in [0.3, 0.4) is 0 Å². The summed E-state index contributed by atoms with van der Waals surface area (Å²) in [6.45, 7) is 9.10. The molecular formula is C36H38Br2N2O6. The maximum absolute atomic E-state index is 11.1. The molecule has 0 heterocycles. The maximum Gasteiger partial charge on any atom is 0.320 e. The molecule has 0 aliphatic rings. The third kappa shape index (κ3) is 9.19. The van der Waals surface area contributed by atoms with Crippen LogP contribution in [0.2, 0.25) is 0 Å². The van der Waals surface area contributed by atoms with E-state index in [-0.39, 0.29) is 0 Å². The van der Waals surface area contributed by atoms with Gasteiger partial charge in [-0.2, -0.15) is 0 Å². The first-order valence-electron chi connectivity index (χ1n) is 14.9. The van der Waals surface area contributed by atoms with Crippen LogP contribution in [0.1, 0.15) is 47.2 Å². The van der Waals surface area contributed by atoms with Crippen molar-refractivity contribution in [3.63, 3.8) is 0 Å². The topological polar surface area (TPSA) is 117 Å². The summed E-state index contributed by atoms with van der Waals surface area (Å²) < 4.78 is 14.0. The molecule has 46 heavy (non-hydrogen) atoms. The standard InChI is InChI=1S/C36H38Br2N2O6/c1-21-27(19-45-33-13-11-25(15-31(33)37)17-39-23(3)35(41)42)7-5-9-29(21)30-10-6-8-28(22(30)2)20-46-34-14-12-26(16-32(34)38)18-40-24(4)36(43)44/h5-16,23-24,39-40H,17-20H2,1-4H3,(H,41,42)(H,43,44)/t23-,24-/m1/s1. The summed E-state index contributed by atoms with van der Waals surface area (Å²) in [6.07, 6.45) is 0. The fourth-order valence-electron chi connectivity index (χ4n) is 4.83. The number of hydrogen-bond donors (Lipinski definition) is 4. The molecule has 8 nitrogen and oxygen atoms in total. The predicted octanol–water partition coefficient (Wildman–Crippen LogP) is 7.78. The maximum atomic E-state index is 11.1. The van der Waals surface area contributed by atoms with Crippen LogP contribution in [0.4, 0.5) is 0 Å². The average Bonchev–Trinajstić information content (AvgIpc) is 3.02. The van der Waals surface area contributed by atoms with Gasteiger partial charge in [0.2, 0.25) is 0 Å². The van der Waals surface area contributed by atoms with Crippen molar-refractivity contribution in [3.05, 3.63) is 115 Å². The Hall–Kier alpha value is -3.70. The first kappa shape index (κ1) is 35.2. The zero-order chi connectivity index (χ0) is 33.4.